The molecule has 0 unspecified atom stereocenters. The Labute approximate surface area is 106 Å². The number of rotatable bonds is 4. The number of nitrogens with zero attached hydrogens (tertiary/aromatic N) is 2. The molecule has 18 heavy (non-hydrogen) atoms. The number of pyridine rings is 1. The van der Waals surface area contributed by atoms with Gasteiger partial charge in [-0.15, -0.1) is 0 Å². The summed E-state index contributed by atoms with van der Waals surface area (Å²) in [6.45, 7) is 3.98. The van der Waals surface area contributed by atoms with Crippen LogP contribution >= 0.6 is 0 Å². The number of hydrogen-bond donors (Lipinski definition) is 1. The van der Waals surface area contributed by atoms with E-state index in [4.69, 9.17) is 4.74 Å². The standard InChI is InChI=1S/C12H17N3O3/c1-9-2-5-13-12(11(9)15(16)17)14-8-10-3-6-18-7-4-10/h2,5,10H,3-4,6-8H2,1H3,(H,13,14). The Morgan fingerprint density at radius 3 is 2.94 bits per heavy atom. The molecule has 1 aliphatic rings. The molecule has 0 aliphatic carbocycles. The van der Waals surface area contributed by atoms with Crippen LogP contribution in [0, 0.1) is 23.0 Å². The van der Waals surface area contributed by atoms with Gasteiger partial charge in [0, 0.05) is 31.5 Å². The van der Waals surface area contributed by atoms with Crippen molar-refractivity contribution >= 4 is 11.5 Å². The third kappa shape index (κ3) is 2.95. The van der Waals surface area contributed by atoms with Crippen LogP contribution in [0.2, 0.25) is 0 Å². The summed E-state index contributed by atoms with van der Waals surface area (Å²) in [6.07, 6.45) is 3.58. The Morgan fingerprint density at radius 2 is 2.28 bits per heavy atom. The molecule has 0 saturated carbocycles. The van der Waals surface area contributed by atoms with E-state index < -0.39 is 0 Å². The first-order valence-electron chi connectivity index (χ1n) is 6.10. The van der Waals surface area contributed by atoms with Crippen molar-refractivity contribution in [2.24, 2.45) is 5.92 Å². The van der Waals surface area contributed by atoms with E-state index in [0.29, 0.717) is 23.8 Å². The van der Waals surface area contributed by atoms with Crippen molar-refractivity contribution < 1.29 is 9.66 Å². The molecule has 2 heterocycles. The molecule has 2 rings (SSSR count). The summed E-state index contributed by atoms with van der Waals surface area (Å²) < 4.78 is 5.28. The predicted molar refractivity (Wildman–Crippen MR) is 67.7 cm³/mol. The highest BCUT2D eigenvalue weighted by molar-refractivity contribution is 5.59. The van der Waals surface area contributed by atoms with Gasteiger partial charge >= 0.3 is 5.69 Å². The first-order valence-corrected chi connectivity index (χ1v) is 6.10. The maximum atomic E-state index is 11.0. The molecule has 1 aromatic rings. The van der Waals surface area contributed by atoms with Crippen molar-refractivity contribution in [3.05, 3.63) is 27.9 Å². The third-order valence-electron chi connectivity index (χ3n) is 3.21. The molecule has 0 radical (unpaired) electrons. The quantitative estimate of drug-likeness (QED) is 0.655. The zero-order valence-electron chi connectivity index (χ0n) is 10.4. The van der Waals surface area contributed by atoms with Crippen LogP contribution in [0.15, 0.2) is 12.3 Å². The fourth-order valence-corrected chi connectivity index (χ4v) is 2.10. The largest absolute Gasteiger partial charge is 0.381 e. The fraction of sp³-hybridized carbons (Fsp3) is 0.583. The zero-order chi connectivity index (χ0) is 13.0. The number of ether oxygens (including phenoxy) is 1. The summed E-state index contributed by atoms with van der Waals surface area (Å²) >= 11 is 0. The summed E-state index contributed by atoms with van der Waals surface area (Å²) in [5, 5.41) is 14.1. The number of anilines is 1. The van der Waals surface area contributed by atoms with Crippen LogP contribution in [0.25, 0.3) is 0 Å². The molecule has 1 aromatic heterocycles. The zero-order valence-corrected chi connectivity index (χ0v) is 10.4. The normalized spacial score (nSPS) is 16.5. The van der Waals surface area contributed by atoms with Crippen LogP contribution in [0.3, 0.4) is 0 Å². The van der Waals surface area contributed by atoms with Gasteiger partial charge in [-0.25, -0.2) is 4.98 Å². The second-order valence-electron chi connectivity index (χ2n) is 4.52. The minimum Gasteiger partial charge on any atom is -0.381 e. The van der Waals surface area contributed by atoms with Crippen molar-refractivity contribution in [1.82, 2.24) is 4.98 Å². The van der Waals surface area contributed by atoms with E-state index in [1.54, 1.807) is 19.2 Å². The van der Waals surface area contributed by atoms with Crippen LogP contribution in [-0.2, 0) is 4.74 Å². The van der Waals surface area contributed by atoms with Crippen molar-refractivity contribution in [2.75, 3.05) is 25.1 Å². The SMILES string of the molecule is Cc1ccnc(NCC2CCOCC2)c1[N+](=O)[O-]. The van der Waals surface area contributed by atoms with Crippen molar-refractivity contribution in [3.8, 4) is 0 Å². The minimum absolute atomic E-state index is 0.0737. The van der Waals surface area contributed by atoms with Gasteiger partial charge < -0.3 is 10.1 Å². The van der Waals surface area contributed by atoms with Gasteiger partial charge in [0.2, 0.25) is 5.82 Å². The van der Waals surface area contributed by atoms with Gasteiger partial charge in [-0.1, -0.05) is 0 Å². The highest BCUT2D eigenvalue weighted by Gasteiger charge is 2.20. The summed E-state index contributed by atoms with van der Waals surface area (Å²) in [5.41, 5.74) is 0.703. The summed E-state index contributed by atoms with van der Waals surface area (Å²) in [6, 6.07) is 1.65. The predicted octanol–water partition coefficient (Wildman–Crippen LogP) is 2.14. The van der Waals surface area contributed by atoms with Gasteiger partial charge in [-0.3, -0.25) is 10.1 Å². The number of nitro groups is 1. The van der Waals surface area contributed by atoms with Gasteiger partial charge in [0.05, 0.1) is 4.92 Å². The van der Waals surface area contributed by atoms with Gasteiger partial charge in [-0.05, 0) is 31.7 Å². The Bertz CT molecular complexity index is 431. The van der Waals surface area contributed by atoms with Crippen molar-refractivity contribution in [3.63, 3.8) is 0 Å². The summed E-state index contributed by atoms with van der Waals surface area (Å²) in [7, 11) is 0. The van der Waals surface area contributed by atoms with E-state index in [1.807, 2.05) is 0 Å². The molecule has 0 amide bonds. The van der Waals surface area contributed by atoms with Gasteiger partial charge in [0.1, 0.15) is 0 Å². The average Bonchev–Trinajstić information content (AvgIpc) is 2.37. The molecule has 0 atom stereocenters. The van der Waals surface area contributed by atoms with E-state index in [9.17, 15) is 10.1 Å². The second kappa shape index (κ2) is 5.77. The van der Waals surface area contributed by atoms with E-state index in [2.05, 4.69) is 10.3 Å². The van der Waals surface area contributed by atoms with Crippen LogP contribution in [0.1, 0.15) is 18.4 Å². The molecule has 98 valence electrons. The van der Waals surface area contributed by atoms with Gasteiger partial charge in [0.25, 0.3) is 0 Å². The monoisotopic (exact) mass is 251 g/mol. The van der Waals surface area contributed by atoms with Crippen molar-refractivity contribution in [1.29, 1.82) is 0 Å². The maximum absolute atomic E-state index is 11.0. The third-order valence-corrected chi connectivity index (χ3v) is 3.21. The Hall–Kier alpha value is -1.69. The Balaban J connectivity index is 2.04. The molecule has 1 saturated heterocycles. The summed E-state index contributed by atoms with van der Waals surface area (Å²) in [5.74, 6) is 0.868. The first kappa shape index (κ1) is 12.8. The van der Waals surface area contributed by atoms with Gasteiger partial charge in [-0.2, -0.15) is 0 Å². The number of nitrogens with one attached hydrogen (secondary N) is 1. The molecule has 0 aromatic carbocycles. The molecule has 1 N–H and O–H groups in total. The first-order chi connectivity index (χ1) is 8.68. The lowest BCUT2D eigenvalue weighted by atomic mass is 10.0. The Morgan fingerprint density at radius 1 is 1.56 bits per heavy atom. The molecule has 0 bridgehead atoms. The van der Waals surface area contributed by atoms with Crippen LogP contribution in [0.4, 0.5) is 11.5 Å². The van der Waals surface area contributed by atoms with Crippen molar-refractivity contribution in [2.45, 2.75) is 19.8 Å². The molecular formula is C12H17N3O3. The molecule has 6 nitrogen and oxygen atoms in total. The highest BCUT2D eigenvalue weighted by Crippen LogP contribution is 2.26. The van der Waals surface area contributed by atoms with Crippen LogP contribution < -0.4 is 5.32 Å². The smallest absolute Gasteiger partial charge is 0.314 e. The molecular weight excluding hydrogens is 234 g/mol. The number of aromatic nitrogens is 1. The molecule has 1 fully saturated rings. The number of aryl methyl sites for hydroxylation is 1. The topological polar surface area (TPSA) is 77.3 Å². The second-order valence-corrected chi connectivity index (χ2v) is 4.52. The molecule has 1 aliphatic heterocycles. The van der Waals surface area contributed by atoms with E-state index in [-0.39, 0.29) is 10.6 Å². The highest BCUT2D eigenvalue weighted by atomic mass is 16.6. The maximum Gasteiger partial charge on any atom is 0.314 e. The van der Waals surface area contributed by atoms with Crippen LogP contribution in [-0.4, -0.2) is 29.7 Å². The average molecular weight is 251 g/mol. The van der Waals surface area contributed by atoms with E-state index in [0.717, 1.165) is 26.1 Å². The summed E-state index contributed by atoms with van der Waals surface area (Å²) in [4.78, 5) is 14.7. The lowest BCUT2D eigenvalue weighted by Gasteiger charge is -2.22. The van der Waals surface area contributed by atoms with Crippen LogP contribution in [0.5, 0.6) is 0 Å². The fourth-order valence-electron chi connectivity index (χ4n) is 2.10. The Kier molecular flexibility index (Phi) is 4.09. The van der Waals surface area contributed by atoms with E-state index in [1.165, 1.54) is 0 Å². The molecule has 6 heteroatoms. The van der Waals surface area contributed by atoms with E-state index >= 15 is 0 Å². The number of hydrogen-bond acceptors (Lipinski definition) is 5. The molecule has 0 spiro atoms. The lowest BCUT2D eigenvalue weighted by molar-refractivity contribution is -0.384. The van der Waals surface area contributed by atoms with Gasteiger partial charge in [0.15, 0.2) is 0 Å². The lowest BCUT2D eigenvalue weighted by Crippen LogP contribution is -2.23. The minimum atomic E-state index is -0.380.